The molecule has 0 spiro atoms. The second-order valence-electron chi connectivity index (χ2n) is 12.5. The molecule has 0 aliphatic carbocycles. The van der Waals surface area contributed by atoms with Crippen LogP contribution >= 0.6 is 69.1 Å². The largest absolute Gasteiger partial charge is 1.00 e. The standard InChI is InChI=1S/C19H16Cl2N4S.C19H17Cl2N3O2S.Na.H2O/c1-11(2)9-16-17(12-6-7-13(20)14(21)10-12)25-19(26-16)24-15-5-4-8-23-18(15)22-3;1-10(2)8-15-16(11-5-6-12(20)13(21)9-11)24-19(27-15)23-14-4-3-7-22-17(14)18(25)26;;/h4-8,10-11H,9H2,1-2H3,(H,24,25);3-7,9-10H,8H2,1-2H3,(H,23,24)(H,25,26);;1H2/q;;+1;/p-1. The third kappa shape index (κ3) is 12.3. The number of carbonyl (C=O) groups is 1. The van der Waals surface area contributed by atoms with Gasteiger partial charge >= 0.3 is 35.5 Å². The average Bonchev–Trinajstić information content (AvgIpc) is 3.70. The number of thiazole rings is 2. The van der Waals surface area contributed by atoms with Gasteiger partial charge in [0.05, 0.1) is 42.9 Å². The van der Waals surface area contributed by atoms with Crippen LogP contribution in [0.3, 0.4) is 0 Å². The molecule has 4 heterocycles. The average molecular weight is 866 g/mol. The Hall–Kier alpha value is -3.32. The van der Waals surface area contributed by atoms with Crippen molar-refractivity contribution in [2.75, 3.05) is 10.6 Å². The predicted molar refractivity (Wildman–Crippen MR) is 222 cm³/mol. The van der Waals surface area contributed by atoms with Gasteiger partial charge in [-0.1, -0.05) is 92.8 Å². The summed E-state index contributed by atoms with van der Waals surface area (Å²) in [6.45, 7) is 15.9. The van der Waals surface area contributed by atoms with E-state index in [-0.39, 0.29) is 40.7 Å². The molecule has 0 radical (unpaired) electrons. The Morgan fingerprint density at radius 1 is 0.745 bits per heavy atom. The minimum atomic E-state index is -1.10. The number of hydrogen-bond acceptors (Lipinski definition) is 10. The number of anilines is 4. The number of nitrogens with one attached hydrogen (secondary N) is 2. The molecule has 0 saturated carbocycles. The van der Waals surface area contributed by atoms with E-state index in [1.807, 2.05) is 24.3 Å². The van der Waals surface area contributed by atoms with E-state index < -0.39 is 5.97 Å². The van der Waals surface area contributed by atoms with Crippen molar-refractivity contribution in [3.63, 3.8) is 0 Å². The Morgan fingerprint density at radius 3 is 1.64 bits per heavy atom. The molecule has 280 valence electrons. The minimum absolute atomic E-state index is 0. The van der Waals surface area contributed by atoms with Crippen LogP contribution in [-0.4, -0.2) is 36.5 Å². The molecule has 4 N–H and O–H groups in total. The number of carboxylic acid groups (broad SMARTS) is 1. The molecule has 6 aromatic rings. The van der Waals surface area contributed by atoms with Crippen LogP contribution in [0.5, 0.6) is 0 Å². The van der Waals surface area contributed by atoms with Crippen LogP contribution in [0.15, 0.2) is 73.1 Å². The number of halogens is 4. The Balaban J connectivity index is 0.000000285. The van der Waals surface area contributed by atoms with E-state index in [1.165, 1.54) is 17.5 Å². The number of aromatic carboxylic acids is 1. The summed E-state index contributed by atoms with van der Waals surface area (Å²) in [6, 6.07) is 17.9. The maximum absolute atomic E-state index is 11.4. The third-order valence-electron chi connectivity index (χ3n) is 7.35. The molecule has 0 aliphatic heterocycles. The molecule has 0 saturated heterocycles. The van der Waals surface area contributed by atoms with E-state index in [2.05, 4.69) is 58.1 Å². The minimum Gasteiger partial charge on any atom is -0.870 e. The van der Waals surface area contributed by atoms with Crippen molar-refractivity contribution in [2.45, 2.75) is 40.5 Å². The molecule has 0 unspecified atom stereocenters. The first kappa shape index (κ1) is 46.1. The quantitative estimate of drug-likeness (QED) is 0.0855. The van der Waals surface area contributed by atoms with Crippen LogP contribution in [-0.2, 0) is 12.8 Å². The van der Waals surface area contributed by atoms with E-state index in [4.69, 9.17) is 58.0 Å². The molecule has 6 rings (SSSR count). The summed E-state index contributed by atoms with van der Waals surface area (Å²) in [6.07, 6.45) is 4.79. The summed E-state index contributed by atoms with van der Waals surface area (Å²) < 4.78 is 0. The second kappa shape index (κ2) is 21.3. The first-order chi connectivity index (χ1) is 25.3. The SMILES string of the molecule is CC(C)Cc1sc(Nc2cccnc2C(=O)O)nc1-c1ccc(Cl)c(Cl)c1.[C-]#[N+]c1ncccc1Nc1nc(-c2ccc(Cl)c(Cl)c2)c(CC(C)C)s1.[Na+].[OH-]. The summed E-state index contributed by atoms with van der Waals surface area (Å²) >= 11 is 27.5. The first-order valence-corrected chi connectivity index (χ1v) is 19.4. The van der Waals surface area contributed by atoms with Gasteiger partial charge in [-0.15, -0.1) is 27.7 Å². The summed E-state index contributed by atoms with van der Waals surface area (Å²) in [5.41, 5.74) is 4.50. The van der Waals surface area contributed by atoms with Crippen LogP contribution in [0.4, 0.5) is 27.5 Å². The molecule has 0 amide bonds. The summed E-state index contributed by atoms with van der Waals surface area (Å²) in [7, 11) is 0. The molecule has 0 fully saturated rings. The molecule has 0 bridgehead atoms. The zero-order chi connectivity index (χ0) is 38.2. The van der Waals surface area contributed by atoms with Gasteiger partial charge in [-0.3, -0.25) is 0 Å². The molecule has 55 heavy (non-hydrogen) atoms. The number of hydrogen-bond donors (Lipinski definition) is 3. The predicted octanol–water partition coefficient (Wildman–Crippen LogP) is 9.98. The van der Waals surface area contributed by atoms with Crippen LogP contribution in [0.25, 0.3) is 27.4 Å². The van der Waals surface area contributed by atoms with Crippen molar-refractivity contribution in [3.8, 4) is 22.5 Å². The van der Waals surface area contributed by atoms with E-state index in [1.54, 1.807) is 53.9 Å². The number of carboxylic acids is 1. The summed E-state index contributed by atoms with van der Waals surface area (Å²) in [5, 5.41) is 18.9. The van der Waals surface area contributed by atoms with Crippen molar-refractivity contribution < 1.29 is 44.9 Å². The monoisotopic (exact) mass is 863 g/mol. The van der Waals surface area contributed by atoms with Crippen molar-refractivity contribution in [2.24, 2.45) is 11.8 Å². The van der Waals surface area contributed by atoms with Gasteiger partial charge in [-0.05, 0) is 73.2 Å². The summed E-state index contributed by atoms with van der Waals surface area (Å²) in [5.74, 6) is 0.153. The fraction of sp³-hybridized carbons (Fsp3) is 0.211. The summed E-state index contributed by atoms with van der Waals surface area (Å²) in [4.78, 5) is 34.5. The zero-order valence-corrected chi connectivity index (χ0v) is 37.0. The van der Waals surface area contributed by atoms with Gasteiger partial charge in [-0.25, -0.2) is 19.7 Å². The molecule has 10 nitrogen and oxygen atoms in total. The number of pyridine rings is 2. The fourth-order valence-corrected chi connectivity index (χ4v) is 8.07. The van der Waals surface area contributed by atoms with Crippen molar-refractivity contribution in [3.05, 3.63) is 120 Å². The smallest absolute Gasteiger partial charge is 0.870 e. The van der Waals surface area contributed by atoms with Crippen LogP contribution in [0, 0.1) is 18.4 Å². The third-order valence-corrected chi connectivity index (χ3v) is 10.8. The number of aromatic nitrogens is 4. The van der Waals surface area contributed by atoms with E-state index >= 15 is 0 Å². The van der Waals surface area contributed by atoms with Crippen molar-refractivity contribution in [1.82, 2.24) is 19.9 Å². The molecule has 0 aliphatic rings. The number of rotatable bonds is 11. The number of nitrogens with zero attached hydrogens (tertiary/aromatic N) is 5. The Morgan fingerprint density at radius 2 is 1.20 bits per heavy atom. The van der Waals surface area contributed by atoms with Crippen molar-refractivity contribution in [1.29, 1.82) is 0 Å². The number of benzene rings is 2. The van der Waals surface area contributed by atoms with E-state index in [0.717, 1.165) is 50.2 Å². The fourth-order valence-electron chi connectivity index (χ4n) is 5.06. The van der Waals surface area contributed by atoms with E-state index in [9.17, 15) is 9.90 Å². The van der Waals surface area contributed by atoms with E-state index in [0.29, 0.717) is 54.3 Å². The molecule has 17 heteroatoms. The first-order valence-electron chi connectivity index (χ1n) is 16.3. The zero-order valence-electron chi connectivity index (χ0n) is 30.4. The van der Waals surface area contributed by atoms with Crippen molar-refractivity contribution >= 4 is 103 Å². The van der Waals surface area contributed by atoms with Crippen LogP contribution < -0.4 is 40.2 Å². The Kier molecular flexibility index (Phi) is 17.8. The molecule has 2 aromatic carbocycles. The van der Waals surface area contributed by atoms with Gasteiger partial charge in [0, 0.05) is 27.1 Å². The Bertz CT molecular complexity index is 2300. The molecule has 0 atom stereocenters. The van der Waals surface area contributed by atoms with Gasteiger partial charge < -0.3 is 26.1 Å². The maximum atomic E-state index is 11.4. The van der Waals surface area contributed by atoms with Crippen LogP contribution in [0.1, 0.15) is 47.9 Å². The molecule has 4 aromatic heterocycles. The molecular weight excluding hydrogens is 831 g/mol. The van der Waals surface area contributed by atoms with Gasteiger partial charge in [-0.2, -0.15) is 0 Å². The van der Waals surface area contributed by atoms with Crippen LogP contribution in [0.2, 0.25) is 20.1 Å². The molecular formula is C38H34Cl4N7NaO3S2. The maximum Gasteiger partial charge on any atom is 1.00 e. The van der Waals surface area contributed by atoms with Gasteiger partial charge in [0.25, 0.3) is 5.82 Å². The van der Waals surface area contributed by atoms with Gasteiger partial charge in [0.2, 0.25) is 0 Å². The second-order valence-corrected chi connectivity index (χ2v) is 16.3. The Labute approximate surface area is 369 Å². The van der Waals surface area contributed by atoms with Gasteiger partial charge in [0.1, 0.15) is 6.20 Å². The normalized spacial score (nSPS) is 10.5. The topological polar surface area (TPSA) is 147 Å². The van der Waals surface area contributed by atoms with Gasteiger partial charge in [0.15, 0.2) is 16.0 Å².